The van der Waals surface area contributed by atoms with Gasteiger partial charge in [-0.2, -0.15) is 11.3 Å². The van der Waals surface area contributed by atoms with E-state index in [-0.39, 0.29) is 0 Å². The van der Waals surface area contributed by atoms with Gasteiger partial charge >= 0.3 is 0 Å². The first kappa shape index (κ1) is 12.1. The van der Waals surface area contributed by atoms with Crippen LogP contribution in [-0.2, 0) is 16.4 Å². The quantitative estimate of drug-likeness (QED) is 0.926. The van der Waals surface area contributed by atoms with Gasteiger partial charge in [-0.3, -0.25) is 0 Å². The Morgan fingerprint density at radius 3 is 2.41 bits per heavy atom. The molecule has 90 valence electrons. The number of thiophene rings is 1. The van der Waals surface area contributed by atoms with E-state index in [9.17, 15) is 8.42 Å². The summed E-state index contributed by atoms with van der Waals surface area (Å²) in [6.45, 7) is 0.752. The minimum atomic E-state index is -3.10. The van der Waals surface area contributed by atoms with Crippen LogP contribution in [0.5, 0.6) is 0 Å². The number of hydrogen-bond donors (Lipinski definition) is 1. The number of rotatable bonds is 4. The Kier molecular flexibility index (Phi) is 3.49. The molecule has 17 heavy (non-hydrogen) atoms. The molecule has 0 fully saturated rings. The van der Waals surface area contributed by atoms with Gasteiger partial charge in [-0.1, -0.05) is 0 Å². The molecular weight excluding hydrogens is 254 g/mol. The minimum absolute atomic E-state index is 0.346. The lowest BCUT2D eigenvalue weighted by atomic mass is 10.3. The van der Waals surface area contributed by atoms with Gasteiger partial charge in [0.25, 0.3) is 0 Å². The van der Waals surface area contributed by atoms with Crippen molar-refractivity contribution in [3.63, 3.8) is 0 Å². The molecule has 1 heterocycles. The van der Waals surface area contributed by atoms with Crippen LogP contribution in [0, 0.1) is 0 Å². The van der Waals surface area contributed by atoms with Crippen molar-refractivity contribution in [1.82, 2.24) is 0 Å². The zero-order valence-electron chi connectivity index (χ0n) is 9.38. The first-order valence-corrected chi connectivity index (χ1v) is 7.94. The third kappa shape index (κ3) is 3.31. The second-order valence-corrected chi connectivity index (χ2v) is 6.58. The minimum Gasteiger partial charge on any atom is -0.381 e. The Bertz CT molecular complexity index is 571. The Morgan fingerprint density at radius 2 is 1.88 bits per heavy atom. The second-order valence-electron chi connectivity index (χ2n) is 3.78. The molecular formula is C12H13NO2S2. The molecule has 0 saturated carbocycles. The summed E-state index contributed by atoms with van der Waals surface area (Å²) in [5.74, 6) is 0. The van der Waals surface area contributed by atoms with Crippen LogP contribution < -0.4 is 5.32 Å². The number of sulfone groups is 1. The molecule has 0 aliphatic carbocycles. The van der Waals surface area contributed by atoms with Gasteiger partial charge in [0, 0.05) is 18.5 Å². The van der Waals surface area contributed by atoms with Crippen LogP contribution in [0.4, 0.5) is 5.69 Å². The molecule has 0 bridgehead atoms. The van der Waals surface area contributed by atoms with Crippen LogP contribution in [0.25, 0.3) is 0 Å². The van der Waals surface area contributed by atoms with Crippen molar-refractivity contribution in [2.75, 3.05) is 11.6 Å². The summed E-state index contributed by atoms with van der Waals surface area (Å²) in [5.41, 5.74) is 2.14. The van der Waals surface area contributed by atoms with E-state index >= 15 is 0 Å². The molecule has 3 nitrogen and oxygen atoms in total. The van der Waals surface area contributed by atoms with E-state index in [4.69, 9.17) is 0 Å². The van der Waals surface area contributed by atoms with Gasteiger partial charge in [0.1, 0.15) is 0 Å². The first-order valence-electron chi connectivity index (χ1n) is 5.11. The highest BCUT2D eigenvalue weighted by atomic mass is 32.2. The molecule has 2 rings (SSSR count). The first-order chi connectivity index (χ1) is 8.05. The van der Waals surface area contributed by atoms with Crippen molar-refractivity contribution in [3.8, 4) is 0 Å². The summed E-state index contributed by atoms with van der Waals surface area (Å²) in [5, 5.41) is 7.35. The van der Waals surface area contributed by atoms with E-state index in [0.717, 1.165) is 12.2 Å². The molecule has 0 unspecified atom stereocenters. The normalized spacial score (nSPS) is 11.4. The summed E-state index contributed by atoms with van der Waals surface area (Å²) in [4.78, 5) is 0.346. The molecule has 0 aliphatic heterocycles. The van der Waals surface area contributed by atoms with Gasteiger partial charge in [-0.05, 0) is 46.7 Å². The maximum absolute atomic E-state index is 11.3. The summed E-state index contributed by atoms with van der Waals surface area (Å²) in [6.07, 6.45) is 1.21. The molecule has 1 N–H and O–H groups in total. The summed E-state index contributed by atoms with van der Waals surface area (Å²) < 4.78 is 22.5. The van der Waals surface area contributed by atoms with E-state index in [0.29, 0.717) is 4.90 Å². The SMILES string of the molecule is CS(=O)(=O)c1ccc(NCc2ccsc2)cc1. The predicted molar refractivity (Wildman–Crippen MR) is 71.2 cm³/mol. The van der Waals surface area contributed by atoms with Crippen molar-refractivity contribution in [3.05, 3.63) is 46.7 Å². The third-order valence-electron chi connectivity index (χ3n) is 2.36. The third-order valence-corrected chi connectivity index (χ3v) is 4.22. The van der Waals surface area contributed by atoms with E-state index in [1.165, 1.54) is 11.8 Å². The summed E-state index contributed by atoms with van der Waals surface area (Å²) in [6, 6.07) is 8.85. The number of anilines is 1. The fourth-order valence-electron chi connectivity index (χ4n) is 1.42. The van der Waals surface area contributed by atoms with Crippen LogP contribution in [0.3, 0.4) is 0 Å². The average molecular weight is 267 g/mol. The molecule has 1 aromatic heterocycles. The zero-order valence-corrected chi connectivity index (χ0v) is 11.0. The van der Waals surface area contributed by atoms with Gasteiger partial charge in [-0.25, -0.2) is 8.42 Å². The monoisotopic (exact) mass is 267 g/mol. The Hall–Kier alpha value is -1.33. The van der Waals surface area contributed by atoms with Crippen LogP contribution in [0.15, 0.2) is 46.0 Å². The molecule has 0 amide bonds. The topological polar surface area (TPSA) is 46.2 Å². The highest BCUT2D eigenvalue weighted by molar-refractivity contribution is 7.90. The molecule has 0 aliphatic rings. The molecule has 0 radical (unpaired) electrons. The van der Waals surface area contributed by atoms with Crippen LogP contribution >= 0.6 is 11.3 Å². The number of benzene rings is 1. The molecule has 0 saturated heterocycles. The van der Waals surface area contributed by atoms with Gasteiger partial charge in [0.05, 0.1) is 4.90 Å². The standard InChI is InChI=1S/C12H13NO2S2/c1-17(14,15)12-4-2-11(3-5-12)13-8-10-6-7-16-9-10/h2-7,9,13H,8H2,1H3. The Morgan fingerprint density at radius 1 is 1.18 bits per heavy atom. The van der Waals surface area contributed by atoms with Crippen molar-refractivity contribution in [1.29, 1.82) is 0 Å². The Balaban J connectivity index is 2.04. The van der Waals surface area contributed by atoms with Gasteiger partial charge in [-0.15, -0.1) is 0 Å². The highest BCUT2D eigenvalue weighted by Gasteiger charge is 2.05. The van der Waals surface area contributed by atoms with Crippen molar-refractivity contribution >= 4 is 26.9 Å². The van der Waals surface area contributed by atoms with Crippen molar-refractivity contribution in [2.24, 2.45) is 0 Å². The van der Waals surface area contributed by atoms with Crippen LogP contribution in [0.1, 0.15) is 5.56 Å². The second kappa shape index (κ2) is 4.89. The molecule has 1 aromatic carbocycles. The van der Waals surface area contributed by atoms with E-state index in [1.54, 1.807) is 35.6 Å². The summed E-state index contributed by atoms with van der Waals surface area (Å²) in [7, 11) is -3.10. The lowest BCUT2D eigenvalue weighted by Gasteiger charge is -2.05. The maximum atomic E-state index is 11.3. The summed E-state index contributed by atoms with van der Waals surface area (Å²) >= 11 is 1.66. The fraction of sp³-hybridized carbons (Fsp3) is 0.167. The van der Waals surface area contributed by atoms with Crippen LogP contribution in [-0.4, -0.2) is 14.7 Å². The lowest BCUT2D eigenvalue weighted by molar-refractivity contribution is 0.602. The molecule has 2 aromatic rings. The Labute approximate surface area is 105 Å². The molecule has 0 atom stereocenters. The van der Waals surface area contributed by atoms with Crippen molar-refractivity contribution < 1.29 is 8.42 Å². The number of hydrogen-bond acceptors (Lipinski definition) is 4. The molecule has 0 spiro atoms. The van der Waals surface area contributed by atoms with Gasteiger partial charge < -0.3 is 5.32 Å². The predicted octanol–water partition coefficient (Wildman–Crippen LogP) is 2.76. The van der Waals surface area contributed by atoms with Crippen LogP contribution in [0.2, 0.25) is 0 Å². The fourth-order valence-corrected chi connectivity index (χ4v) is 2.72. The van der Waals surface area contributed by atoms with Crippen molar-refractivity contribution in [2.45, 2.75) is 11.4 Å². The largest absolute Gasteiger partial charge is 0.381 e. The smallest absolute Gasteiger partial charge is 0.175 e. The number of nitrogens with one attached hydrogen (secondary N) is 1. The van der Waals surface area contributed by atoms with E-state index in [2.05, 4.69) is 16.8 Å². The maximum Gasteiger partial charge on any atom is 0.175 e. The van der Waals surface area contributed by atoms with E-state index < -0.39 is 9.84 Å². The lowest BCUT2D eigenvalue weighted by Crippen LogP contribution is -2.00. The average Bonchev–Trinajstić information content (AvgIpc) is 2.78. The van der Waals surface area contributed by atoms with Gasteiger partial charge in [0.15, 0.2) is 9.84 Å². The zero-order chi connectivity index (χ0) is 12.3. The highest BCUT2D eigenvalue weighted by Crippen LogP contribution is 2.15. The molecule has 5 heteroatoms. The van der Waals surface area contributed by atoms with E-state index in [1.807, 2.05) is 5.38 Å². The van der Waals surface area contributed by atoms with Gasteiger partial charge in [0.2, 0.25) is 0 Å².